The smallest absolute Gasteiger partial charge is 0.236 e. The van der Waals surface area contributed by atoms with Crippen LogP contribution in [-0.4, -0.2) is 83.8 Å². The summed E-state index contributed by atoms with van der Waals surface area (Å²) in [4.78, 5) is 24.8. The second kappa shape index (κ2) is 11.1. The van der Waals surface area contributed by atoms with Crippen molar-refractivity contribution < 1.29 is 14.3 Å². The van der Waals surface area contributed by atoms with Crippen LogP contribution in [0.25, 0.3) is 33.5 Å². The molecule has 3 heterocycles. The molecule has 0 atom stereocenters. The first-order valence-electron chi connectivity index (χ1n) is 13.5. The van der Waals surface area contributed by atoms with Crippen LogP contribution < -0.4 is 9.47 Å². The highest BCUT2D eigenvalue weighted by Crippen LogP contribution is 2.40. The van der Waals surface area contributed by atoms with Crippen LogP contribution >= 0.6 is 0 Å². The fourth-order valence-corrected chi connectivity index (χ4v) is 5.53. The Morgan fingerprint density at radius 2 is 1.77 bits per heavy atom. The number of H-pyrrole nitrogens is 2. The summed E-state index contributed by atoms with van der Waals surface area (Å²) < 4.78 is 11.0. The number of methoxy groups -OCH3 is 2. The van der Waals surface area contributed by atoms with Gasteiger partial charge >= 0.3 is 0 Å². The summed E-state index contributed by atoms with van der Waals surface area (Å²) in [6.45, 7) is 6.36. The Kier molecular flexibility index (Phi) is 7.61. The number of benzene rings is 2. The van der Waals surface area contributed by atoms with Crippen LogP contribution in [-0.2, 0) is 4.79 Å². The molecule has 2 N–H and O–H groups in total. The number of carbonyl (C=O) groups is 1. The average molecular weight is 531 g/mol. The predicted octanol–water partition coefficient (Wildman–Crippen LogP) is 5.03. The highest BCUT2D eigenvalue weighted by molar-refractivity contribution is 5.94. The lowest BCUT2D eigenvalue weighted by molar-refractivity contribution is -0.132. The summed E-state index contributed by atoms with van der Waals surface area (Å²) >= 11 is 0. The van der Waals surface area contributed by atoms with E-state index in [0.29, 0.717) is 29.8 Å². The number of likely N-dealkylation sites (N-methyl/N-ethyl adjacent to an activating group) is 1. The lowest BCUT2D eigenvalue weighted by atomic mass is 9.95. The normalized spacial score (nSPS) is 14.5. The van der Waals surface area contributed by atoms with Crippen molar-refractivity contribution in [2.24, 2.45) is 0 Å². The molecule has 1 amide bonds. The van der Waals surface area contributed by atoms with Crippen molar-refractivity contribution in [2.45, 2.75) is 38.5 Å². The van der Waals surface area contributed by atoms with Gasteiger partial charge in [0, 0.05) is 41.0 Å². The first kappa shape index (κ1) is 26.7. The molecule has 0 aliphatic carbocycles. The molecule has 206 valence electrons. The monoisotopic (exact) mass is 530 g/mol. The number of rotatable bonds is 8. The summed E-state index contributed by atoms with van der Waals surface area (Å²) in [6, 6.07) is 12.4. The van der Waals surface area contributed by atoms with E-state index in [1.807, 2.05) is 36.0 Å². The number of nitrogens with one attached hydrogen (secondary N) is 2. The number of ether oxygens (including phenoxy) is 2. The van der Waals surface area contributed by atoms with Gasteiger partial charge in [-0.3, -0.25) is 9.89 Å². The Labute approximate surface area is 229 Å². The molecule has 4 aromatic rings. The third-order valence-electron chi connectivity index (χ3n) is 7.54. The van der Waals surface area contributed by atoms with E-state index in [1.54, 1.807) is 14.2 Å². The molecule has 1 saturated heterocycles. The summed E-state index contributed by atoms with van der Waals surface area (Å²) in [7, 11) is 7.15. The van der Waals surface area contributed by atoms with Crippen LogP contribution in [0, 0.1) is 0 Å². The molecule has 9 nitrogen and oxygen atoms in total. The zero-order valence-electron chi connectivity index (χ0n) is 23.7. The number of carbonyl (C=O) groups excluding carboxylic acids is 1. The van der Waals surface area contributed by atoms with E-state index < -0.39 is 0 Å². The van der Waals surface area contributed by atoms with Gasteiger partial charge in [-0.1, -0.05) is 13.8 Å². The molecule has 1 aliphatic heterocycles. The molecule has 0 spiro atoms. The van der Waals surface area contributed by atoms with Gasteiger partial charge in [-0.25, -0.2) is 4.98 Å². The summed E-state index contributed by atoms with van der Waals surface area (Å²) in [5.41, 5.74) is 5.40. The van der Waals surface area contributed by atoms with Crippen LogP contribution in [0.1, 0.15) is 49.9 Å². The van der Waals surface area contributed by atoms with Gasteiger partial charge in [-0.2, -0.15) is 5.10 Å². The highest BCUT2D eigenvalue weighted by atomic mass is 16.5. The minimum atomic E-state index is 0.185. The van der Waals surface area contributed by atoms with E-state index in [9.17, 15) is 4.79 Å². The first-order chi connectivity index (χ1) is 18.8. The van der Waals surface area contributed by atoms with E-state index >= 15 is 0 Å². The number of aromatic amines is 2. The number of fused-ring (bicyclic) bond motifs is 1. The molecule has 0 bridgehead atoms. The Morgan fingerprint density at radius 3 is 2.44 bits per heavy atom. The Morgan fingerprint density at radius 1 is 1.05 bits per heavy atom. The molecule has 1 fully saturated rings. The largest absolute Gasteiger partial charge is 0.493 e. The van der Waals surface area contributed by atoms with Gasteiger partial charge in [0.25, 0.3) is 0 Å². The zero-order valence-corrected chi connectivity index (χ0v) is 23.7. The lowest BCUT2D eigenvalue weighted by Crippen LogP contribution is -2.42. The molecule has 1 aliphatic rings. The molecule has 5 rings (SSSR count). The van der Waals surface area contributed by atoms with Crippen molar-refractivity contribution in [3.63, 3.8) is 0 Å². The van der Waals surface area contributed by atoms with E-state index in [-0.39, 0.29) is 11.8 Å². The van der Waals surface area contributed by atoms with Crippen LogP contribution in [0.2, 0.25) is 0 Å². The molecular weight excluding hydrogens is 492 g/mol. The molecule has 0 unspecified atom stereocenters. The minimum absolute atomic E-state index is 0.185. The van der Waals surface area contributed by atoms with Gasteiger partial charge in [-0.05, 0) is 74.8 Å². The van der Waals surface area contributed by atoms with E-state index in [1.165, 1.54) is 5.56 Å². The maximum absolute atomic E-state index is 12.4. The molecule has 2 aromatic heterocycles. The van der Waals surface area contributed by atoms with Gasteiger partial charge in [-0.15, -0.1) is 0 Å². The van der Waals surface area contributed by atoms with Crippen molar-refractivity contribution in [1.29, 1.82) is 0 Å². The van der Waals surface area contributed by atoms with Crippen LogP contribution in [0.15, 0.2) is 36.4 Å². The standard InChI is InChI=1S/C30H38N6O3/c1-18(2)27-22-15-21(7-9-23(22)31-28(27)20-8-10-24(38-5)25(16-20)39-6)30-32-29(33-34-30)19-11-13-36(14-12-19)26(37)17-35(3)4/h7-10,15-16,18-19,31H,11-14,17H2,1-6H3,(H,32,33,34). The maximum atomic E-state index is 12.4. The third-order valence-corrected chi connectivity index (χ3v) is 7.54. The second-order valence-corrected chi connectivity index (χ2v) is 10.8. The van der Waals surface area contributed by atoms with Gasteiger partial charge < -0.3 is 24.3 Å². The van der Waals surface area contributed by atoms with Gasteiger partial charge in [0.05, 0.1) is 26.5 Å². The molecule has 39 heavy (non-hydrogen) atoms. The number of likely N-dealkylation sites (tertiary alicyclic amines) is 1. The summed E-state index contributed by atoms with van der Waals surface area (Å²) in [6.07, 6.45) is 1.77. The molecule has 0 radical (unpaired) electrons. The Hall–Kier alpha value is -3.85. The van der Waals surface area contributed by atoms with Crippen LogP contribution in [0.4, 0.5) is 0 Å². The van der Waals surface area contributed by atoms with Gasteiger partial charge in [0.2, 0.25) is 5.91 Å². The van der Waals surface area contributed by atoms with Crippen molar-refractivity contribution in [3.8, 4) is 34.1 Å². The number of amides is 1. The van der Waals surface area contributed by atoms with Crippen molar-refractivity contribution in [1.82, 2.24) is 30.0 Å². The number of hydrogen-bond donors (Lipinski definition) is 2. The average Bonchev–Trinajstić information content (AvgIpc) is 3.57. The van der Waals surface area contributed by atoms with E-state index in [0.717, 1.165) is 59.5 Å². The number of piperidine rings is 1. The summed E-state index contributed by atoms with van der Waals surface area (Å²) in [5.74, 6) is 3.75. The number of aromatic nitrogens is 4. The van der Waals surface area contributed by atoms with Crippen LogP contribution in [0.5, 0.6) is 11.5 Å². The lowest BCUT2D eigenvalue weighted by Gasteiger charge is -2.31. The minimum Gasteiger partial charge on any atom is -0.493 e. The number of nitrogens with zero attached hydrogens (tertiary/aromatic N) is 4. The maximum Gasteiger partial charge on any atom is 0.236 e. The molecule has 2 aromatic carbocycles. The fraction of sp³-hybridized carbons (Fsp3) is 0.433. The Balaban J connectivity index is 1.41. The van der Waals surface area contributed by atoms with Crippen molar-refractivity contribution in [2.75, 3.05) is 47.9 Å². The second-order valence-electron chi connectivity index (χ2n) is 10.8. The highest BCUT2D eigenvalue weighted by Gasteiger charge is 2.26. The summed E-state index contributed by atoms with van der Waals surface area (Å²) in [5, 5.41) is 8.92. The first-order valence-corrected chi connectivity index (χ1v) is 13.5. The van der Waals surface area contributed by atoms with Gasteiger partial charge in [0.15, 0.2) is 17.3 Å². The van der Waals surface area contributed by atoms with Crippen molar-refractivity contribution in [3.05, 3.63) is 47.8 Å². The predicted molar refractivity (Wildman–Crippen MR) is 153 cm³/mol. The fourth-order valence-electron chi connectivity index (χ4n) is 5.53. The van der Waals surface area contributed by atoms with E-state index in [2.05, 4.69) is 53.3 Å². The molecule has 0 saturated carbocycles. The van der Waals surface area contributed by atoms with Crippen LogP contribution in [0.3, 0.4) is 0 Å². The molecular formula is C30H38N6O3. The van der Waals surface area contributed by atoms with E-state index in [4.69, 9.17) is 14.5 Å². The van der Waals surface area contributed by atoms with Crippen molar-refractivity contribution >= 4 is 16.8 Å². The quantitative estimate of drug-likeness (QED) is 0.332. The Bertz CT molecular complexity index is 1460. The van der Waals surface area contributed by atoms with Gasteiger partial charge in [0.1, 0.15) is 5.82 Å². The zero-order chi connectivity index (χ0) is 27.7. The topological polar surface area (TPSA) is 99.4 Å². The SMILES string of the molecule is COc1ccc(-c2[nH]c3ccc(-c4n[nH]c(C5CCN(C(=O)CN(C)C)CC5)n4)cc3c2C(C)C)cc1OC. The molecule has 9 heteroatoms. The third kappa shape index (κ3) is 5.36. The number of hydrogen-bond acceptors (Lipinski definition) is 6.